The molecule has 0 aromatic carbocycles. The number of alkyl halides is 2. The summed E-state index contributed by atoms with van der Waals surface area (Å²) in [5, 5.41) is 4.21. The first-order valence-corrected chi connectivity index (χ1v) is 5.29. The molecule has 0 saturated heterocycles. The van der Waals surface area contributed by atoms with Crippen LogP contribution in [0, 0.1) is 0 Å². The van der Waals surface area contributed by atoms with Gasteiger partial charge in [0, 0.05) is 12.6 Å². The molecule has 14 heavy (non-hydrogen) atoms. The number of imidazole rings is 1. The van der Waals surface area contributed by atoms with Gasteiger partial charge in [-0.1, -0.05) is 6.92 Å². The van der Waals surface area contributed by atoms with Gasteiger partial charge in [0.25, 0.3) is 10.0 Å². The zero-order chi connectivity index (χ0) is 10.9. The Balaban J connectivity index is 3.27. The molecule has 0 spiro atoms. The van der Waals surface area contributed by atoms with Gasteiger partial charge in [-0.25, -0.2) is 18.5 Å². The molecule has 80 valence electrons. The zero-order valence-corrected chi connectivity index (χ0v) is 8.13. The Morgan fingerprint density at radius 1 is 1.64 bits per heavy atom. The van der Waals surface area contributed by atoms with Crippen molar-refractivity contribution in [2.75, 3.05) is 0 Å². The second-order valence-electron chi connectivity index (χ2n) is 2.58. The summed E-state index contributed by atoms with van der Waals surface area (Å²) in [5.41, 5.74) is 0. The van der Waals surface area contributed by atoms with Crippen molar-refractivity contribution in [3.8, 4) is 0 Å². The summed E-state index contributed by atoms with van der Waals surface area (Å²) in [6.45, 7) is -1.22. The summed E-state index contributed by atoms with van der Waals surface area (Å²) < 4.78 is 46.7. The highest BCUT2D eigenvalue weighted by Gasteiger charge is 2.19. The SMILES string of the molecule is CCc1nc(S(N)(=O)=O)cn1C(F)F. The van der Waals surface area contributed by atoms with E-state index in [1.807, 2.05) is 0 Å². The predicted octanol–water partition coefficient (Wildman–Crippen LogP) is 0.488. The van der Waals surface area contributed by atoms with Crippen molar-refractivity contribution in [1.29, 1.82) is 0 Å². The molecule has 1 heterocycles. The lowest BCUT2D eigenvalue weighted by molar-refractivity contribution is 0.0670. The van der Waals surface area contributed by atoms with Gasteiger partial charge in [0.05, 0.1) is 0 Å². The van der Waals surface area contributed by atoms with Crippen LogP contribution in [-0.2, 0) is 16.4 Å². The van der Waals surface area contributed by atoms with Gasteiger partial charge in [-0.05, 0) is 0 Å². The fourth-order valence-corrected chi connectivity index (χ4v) is 1.47. The van der Waals surface area contributed by atoms with Crippen LogP contribution in [0.1, 0.15) is 19.3 Å². The van der Waals surface area contributed by atoms with E-state index < -0.39 is 21.6 Å². The van der Waals surface area contributed by atoms with Gasteiger partial charge in [-0.2, -0.15) is 8.78 Å². The van der Waals surface area contributed by atoms with Crippen LogP contribution in [0.2, 0.25) is 0 Å². The molecule has 0 atom stereocenters. The fraction of sp³-hybridized carbons (Fsp3) is 0.500. The van der Waals surface area contributed by atoms with E-state index in [9.17, 15) is 17.2 Å². The topological polar surface area (TPSA) is 78.0 Å². The van der Waals surface area contributed by atoms with Crippen LogP contribution in [0.4, 0.5) is 8.78 Å². The van der Waals surface area contributed by atoms with Gasteiger partial charge in [-0.15, -0.1) is 0 Å². The number of hydrogen-bond donors (Lipinski definition) is 1. The molecule has 1 rings (SSSR count). The summed E-state index contributed by atoms with van der Waals surface area (Å²) in [6, 6.07) is 0. The molecule has 0 bridgehead atoms. The highest BCUT2D eigenvalue weighted by Crippen LogP contribution is 2.16. The molecule has 0 amide bonds. The number of rotatable bonds is 3. The largest absolute Gasteiger partial charge is 0.319 e. The predicted molar refractivity (Wildman–Crippen MR) is 44.2 cm³/mol. The quantitative estimate of drug-likeness (QED) is 0.813. The Hall–Kier alpha value is -1.02. The first-order chi connectivity index (χ1) is 6.36. The van der Waals surface area contributed by atoms with E-state index in [1.54, 1.807) is 6.92 Å². The summed E-state index contributed by atoms with van der Waals surface area (Å²) in [6.07, 6.45) is 0.943. The molecular formula is C6H9F2N3O2S. The average molecular weight is 225 g/mol. The molecule has 1 aromatic heterocycles. The number of nitrogens with zero attached hydrogens (tertiary/aromatic N) is 2. The molecule has 0 radical (unpaired) electrons. The Morgan fingerprint density at radius 3 is 2.50 bits per heavy atom. The maximum absolute atomic E-state index is 12.3. The molecule has 0 fully saturated rings. The van der Waals surface area contributed by atoms with Crippen LogP contribution < -0.4 is 5.14 Å². The van der Waals surface area contributed by atoms with E-state index >= 15 is 0 Å². The van der Waals surface area contributed by atoms with E-state index in [0.29, 0.717) is 4.57 Å². The first kappa shape index (κ1) is 11.1. The number of aryl methyl sites for hydroxylation is 1. The van der Waals surface area contributed by atoms with Gasteiger partial charge in [0.2, 0.25) is 0 Å². The minimum atomic E-state index is -4.01. The van der Waals surface area contributed by atoms with Gasteiger partial charge in [-0.3, -0.25) is 4.57 Å². The first-order valence-electron chi connectivity index (χ1n) is 3.75. The minimum absolute atomic E-state index is 0.0102. The zero-order valence-electron chi connectivity index (χ0n) is 7.31. The Bertz CT molecular complexity index is 426. The lowest BCUT2D eigenvalue weighted by atomic mass is 10.5. The van der Waals surface area contributed by atoms with E-state index in [-0.39, 0.29) is 12.2 Å². The Kier molecular flexibility index (Phi) is 2.86. The van der Waals surface area contributed by atoms with E-state index in [4.69, 9.17) is 5.14 Å². The maximum atomic E-state index is 12.3. The highest BCUT2D eigenvalue weighted by atomic mass is 32.2. The average Bonchev–Trinajstić information content (AvgIpc) is 2.45. The van der Waals surface area contributed by atoms with Crippen molar-refractivity contribution in [3.05, 3.63) is 12.0 Å². The van der Waals surface area contributed by atoms with Crippen molar-refractivity contribution in [1.82, 2.24) is 9.55 Å². The summed E-state index contributed by atoms with van der Waals surface area (Å²) >= 11 is 0. The van der Waals surface area contributed by atoms with E-state index in [2.05, 4.69) is 4.98 Å². The molecule has 0 aliphatic carbocycles. The number of nitrogens with two attached hydrogens (primary N) is 1. The highest BCUT2D eigenvalue weighted by molar-refractivity contribution is 7.89. The molecule has 5 nitrogen and oxygen atoms in total. The minimum Gasteiger partial charge on any atom is -0.276 e. The standard InChI is InChI=1S/C6H9F2N3O2S/c1-2-4-10-5(14(9,12)13)3-11(4)6(7)8/h3,6H,2H2,1H3,(H2,9,12,13). The number of aromatic nitrogens is 2. The maximum Gasteiger partial charge on any atom is 0.319 e. The van der Waals surface area contributed by atoms with Crippen LogP contribution >= 0.6 is 0 Å². The van der Waals surface area contributed by atoms with Gasteiger partial charge < -0.3 is 0 Å². The van der Waals surface area contributed by atoms with E-state index in [1.165, 1.54) is 0 Å². The van der Waals surface area contributed by atoms with Gasteiger partial charge in [0.15, 0.2) is 5.03 Å². The second-order valence-corrected chi connectivity index (χ2v) is 4.09. The molecule has 0 saturated carbocycles. The third kappa shape index (κ3) is 2.07. The van der Waals surface area contributed by atoms with Gasteiger partial charge >= 0.3 is 6.55 Å². The van der Waals surface area contributed by atoms with Crippen LogP contribution in [0.25, 0.3) is 0 Å². The van der Waals surface area contributed by atoms with E-state index in [0.717, 1.165) is 6.20 Å². The lowest BCUT2D eigenvalue weighted by Gasteiger charge is -2.01. The molecule has 2 N–H and O–H groups in total. The van der Waals surface area contributed by atoms with Crippen LogP contribution in [0.15, 0.2) is 11.2 Å². The van der Waals surface area contributed by atoms with Crippen LogP contribution in [0.5, 0.6) is 0 Å². The molecular weight excluding hydrogens is 216 g/mol. The number of sulfonamides is 1. The van der Waals surface area contributed by atoms with Crippen molar-refractivity contribution in [3.63, 3.8) is 0 Å². The number of primary sulfonamides is 1. The molecule has 0 aliphatic rings. The van der Waals surface area contributed by atoms with Crippen molar-refractivity contribution in [2.45, 2.75) is 24.9 Å². The van der Waals surface area contributed by atoms with Gasteiger partial charge in [0.1, 0.15) is 5.82 Å². The second kappa shape index (κ2) is 3.62. The van der Waals surface area contributed by atoms with Crippen molar-refractivity contribution >= 4 is 10.0 Å². The smallest absolute Gasteiger partial charge is 0.276 e. The Labute approximate surface area is 79.6 Å². The molecule has 8 heteroatoms. The Morgan fingerprint density at radius 2 is 2.21 bits per heavy atom. The summed E-state index contributed by atoms with van der Waals surface area (Å²) in [4.78, 5) is 3.49. The molecule has 0 aliphatic heterocycles. The van der Waals surface area contributed by atoms with Crippen LogP contribution in [0.3, 0.4) is 0 Å². The fourth-order valence-electron chi connectivity index (χ4n) is 0.975. The third-order valence-electron chi connectivity index (χ3n) is 1.60. The lowest BCUT2D eigenvalue weighted by Crippen LogP contribution is -2.12. The summed E-state index contributed by atoms with van der Waals surface area (Å²) in [7, 11) is -4.01. The third-order valence-corrected chi connectivity index (χ3v) is 2.38. The van der Waals surface area contributed by atoms with Crippen molar-refractivity contribution < 1.29 is 17.2 Å². The number of hydrogen-bond acceptors (Lipinski definition) is 3. The molecule has 0 unspecified atom stereocenters. The number of halogens is 2. The molecule has 1 aromatic rings. The normalized spacial score (nSPS) is 12.4. The van der Waals surface area contributed by atoms with Crippen molar-refractivity contribution in [2.24, 2.45) is 5.14 Å². The monoisotopic (exact) mass is 225 g/mol. The van der Waals surface area contributed by atoms with Crippen LogP contribution in [-0.4, -0.2) is 18.0 Å². The summed E-state index contributed by atoms with van der Waals surface area (Å²) in [5.74, 6) is -0.0102.